The molecule has 0 bridgehead atoms. The van der Waals surface area contributed by atoms with E-state index in [1.807, 2.05) is 17.0 Å². The summed E-state index contributed by atoms with van der Waals surface area (Å²) in [7, 11) is 1.51. The number of imide groups is 1. The van der Waals surface area contributed by atoms with Crippen molar-refractivity contribution in [3.8, 4) is 11.1 Å². The number of hydrogen-bond donors (Lipinski definition) is 2. The first-order chi connectivity index (χ1) is 21.9. The molecule has 2 saturated heterocycles. The van der Waals surface area contributed by atoms with Gasteiger partial charge in [-0.15, -0.1) is 11.3 Å². The number of nitrogens with zero attached hydrogens (tertiary/aromatic N) is 3. The van der Waals surface area contributed by atoms with Crippen LogP contribution in [-0.2, 0) is 29.4 Å². The number of alkyl halides is 3. The molecule has 0 saturated carbocycles. The Morgan fingerprint density at radius 1 is 1.02 bits per heavy atom. The van der Waals surface area contributed by atoms with Crippen molar-refractivity contribution in [3.63, 3.8) is 0 Å². The maximum atomic E-state index is 13.4. The number of benzene rings is 2. The first-order valence-corrected chi connectivity index (χ1v) is 15.3. The van der Waals surface area contributed by atoms with Crippen molar-refractivity contribution in [2.75, 3.05) is 18.0 Å². The summed E-state index contributed by atoms with van der Waals surface area (Å²) in [5, 5.41) is 5.50. The molecule has 4 amide bonds. The Kier molecular flexibility index (Phi) is 6.99. The summed E-state index contributed by atoms with van der Waals surface area (Å²) in [5.74, 6) is -1.47. The molecule has 1 unspecified atom stereocenters. The number of piperidine rings is 1. The monoisotopic (exact) mass is 649 g/mol. The van der Waals surface area contributed by atoms with Gasteiger partial charge in [0, 0.05) is 60.8 Å². The molecule has 10 nitrogen and oxygen atoms in total. The van der Waals surface area contributed by atoms with Crippen molar-refractivity contribution in [1.82, 2.24) is 20.1 Å². The molecule has 2 aromatic carbocycles. The Bertz CT molecular complexity index is 2030. The topological polar surface area (TPSA) is 121 Å². The lowest BCUT2D eigenvalue weighted by Crippen LogP contribution is -2.59. The van der Waals surface area contributed by atoms with Gasteiger partial charge in [-0.05, 0) is 47.9 Å². The first-order valence-electron chi connectivity index (χ1n) is 14.5. The van der Waals surface area contributed by atoms with Crippen LogP contribution in [0.5, 0.6) is 0 Å². The minimum absolute atomic E-state index is 0.178. The SMILES string of the molecule is Cn1cc(-c2cccc(C(F)(F)F)c2)c2sc(C(=O)NC3CN(c4ccc5c(c4)C(=O)N(C4CCC(=O)NC4=O)C5)C3)cc2c1=O. The van der Waals surface area contributed by atoms with Crippen molar-refractivity contribution >= 4 is 50.7 Å². The number of hydrogen-bond acceptors (Lipinski definition) is 7. The minimum Gasteiger partial charge on any atom is -0.367 e. The summed E-state index contributed by atoms with van der Waals surface area (Å²) in [5.41, 5.74) is 1.62. The number of nitrogens with one attached hydrogen (secondary N) is 2. The van der Waals surface area contributed by atoms with E-state index in [0.29, 0.717) is 28.9 Å². The Balaban J connectivity index is 1.05. The van der Waals surface area contributed by atoms with Crippen molar-refractivity contribution in [2.24, 2.45) is 7.05 Å². The van der Waals surface area contributed by atoms with Gasteiger partial charge in [0.05, 0.1) is 21.9 Å². The van der Waals surface area contributed by atoms with Crippen molar-refractivity contribution < 1.29 is 32.3 Å². The highest BCUT2D eigenvalue weighted by Crippen LogP contribution is 2.37. The first kappa shape index (κ1) is 29.7. The van der Waals surface area contributed by atoms with Crippen molar-refractivity contribution in [2.45, 2.75) is 37.6 Å². The van der Waals surface area contributed by atoms with E-state index in [2.05, 4.69) is 10.6 Å². The maximum absolute atomic E-state index is 13.4. The van der Waals surface area contributed by atoms with Crippen LogP contribution in [0.1, 0.15) is 44.0 Å². The molecular weight excluding hydrogens is 623 g/mol. The van der Waals surface area contributed by atoms with Gasteiger partial charge in [0.1, 0.15) is 6.04 Å². The number of amides is 4. The molecule has 236 valence electrons. The fourth-order valence-corrected chi connectivity index (χ4v) is 7.29. The second-order valence-corrected chi connectivity index (χ2v) is 12.8. The summed E-state index contributed by atoms with van der Waals surface area (Å²) < 4.78 is 41.9. The molecule has 46 heavy (non-hydrogen) atoms. The summed E-state index contributed by atoms with van der Waals surface area (Å²) >= 11 is 1.05. The van der Waals surface area contributed by atoms with E-state index < -0.39 is 29.6 Å². The van der Waals surface area contributed by atoms with Crippen LogP contribution in [0.3, 0.4) is 0 Å². The molecule has 1 atom stereocenters. The average molecular weight is 650 g/mol. The van der Waals surface area contributed by atoms with Gasteiger partial charge in [-0.1, -0.05) is 18.2 Å². The Morgan fingerprint density at radius 2 is 1.80 bits per heavy atom. The fourth-order valence-electron chi connectivity index (χ4n) is 6.21. The molecule has 0 radical (unpaired) electrons. The van der Waals surface area contributed by atoms with Crippen LogP contribution in [0.4, 0.5) is 18.9 Å². The van der Waals surface area contributed by atoms with Crippen LogP contribution in [0.25, 0.3) is 21.2 Å². The van der Waals surface area contributed by atoms with E-state index in [9.17, 15) is 37.1 Å². The summed E-state index contributed by atoms with van der Waals surface area (Å²) in [6.07, 6.45) is -2.59. The lowest BCUT2D eigenvalue weighted by Gasteiger charge is -2.41. The molecular formula is C32H26F3N5O5S. The third-order valence-electron chi connectivity index (χ3n) is 8.67. The average Bonchev–Trinajstić information content (AvgIpc) is 3.58. The zero-order valence-electron chi connectivity index (χ0n) is 24.3. The normalized spacial score (nSPS) is 18.5. The lowest BCUT2D eigenvalue weighted by atomic mass is 10.0. The van der Waals surface area contributed by atoms with E-state index in [1.54, 1.807) is 6.07 Å². The van der Waals surface area contributed by atoms with Crippen LogP contribution in [0, 0.1) is 0 Å². The number of aromatic nitrogens is 1. The van der Waals surface area contributed by atoms with Gasteiger partial charge in [-0.2, -0.15) is 13.2 Å². The highest BCUT2D eigenvalue weighted by Gasteiger charge is 2.40. The predicted molar refractivity (Wildman–Crippen MR) is 163 cm³/mol. The van der Waals surface area contributed by atoms with E-state index in [4.69, 9.17) is 0 Å². The molecule has 4 aromatic rings. The van der Waals surface area contributed by atoms with Crippen molar-refractivity contribution in [3.05, 3.63) is 86.6 Å². The largest absolute Gasteiger partial charge is 0.416 e. The number of carbonyl (C=O) groups is 4. The number of rotatable bonds is 5. The number of thiophene rings is 1. The zero-order valence-corrected chi connectivity index (χ0v) is 25.1. The maximum Gasteiger partial charge on any atom is 0.416 e. The van der Waals surface area contributed by atoms with Gasteiger partial charge < -0.3 is 19.7 Å². The van der Waals surface area contributed by atoms with Gasteiger partial charge in [0.25, 0.3) is 17.4 Å². The lowest BCUT2D eigenvalue weighted by molar-refractivity contribution is -0.138. The number of anilines is 1. The van der Waals surface area contributed by atoms with Crippen LogP contribution in [0.2, 0.25) is 0 Å². The van der Waals surface area contributed by atoms with Gasteiger partial charge in [-0.3, -0.25) is 29.3 Å². The predicted octanol–water partition coefficient (Wildman–Crippen LogP) is 3.67. The highest BCUT2D eigenvalue weighted by atomic mass is 32.1. The quantitative estimate of drug-likeness (QED) is 0.319. The minimum atomic E-state index is -4.53. The van der Waals surface area contributed by atoms with Crippen LogP contribution in [-0.4, -0.2) is 58.3 Å². The molecule has 2 N–H and O–H groups in total. The Hall–Kier alpha value is -4.98. The van der Waals surface area contributed by atoms with Crippen LogP contribution in [0.15, 0.2) is 59.5 Å². The standard InChI is InChI=1S/C32H26F3N5O5S/c1-38-15-23(16-3-2-4-18(9-16)32(33,34)35)27-22(30(38)44)11-25(46-27)29(43)36-19-13-39(14-19)20-6-5-17-12-40(31(45)21(17)10-20)24-7-8-26(41)37-28(24)42/h2-6,9-11,15,19,24H,7-8,12-14H2,1H3,(H,36,43)(H,37,41,42). The third kappa shape index (κ3) is 5.11. The molecule has 3 aliphatic heterocycles. The number of pyridine rings is 1. The summed E-state index contributed by atoms with van der Waals surface area (Å²) in [6, 6.07) is 10.9. The van der Waals surface area contributed by atoms with Crippen LogP contribution < -0.4 is 21.1 Å². The van der Waals surface area contributed by atoms with E-state index in [1.165, 1.54) is 40.9 Å². The smallest absolute Gasteiger partial charge is 0.367 e. The molecule has 0 aliphatic carbocycles. The molecule has 3 aliphatic rings. The van der Waals surface area contributed by atoms with E-state index in [-0.39, 0.29) is 58.6 Å². The molecule has 2 aromatic heterocycles. The second-order valence-electron chi connectivity index (χ2n) is 11.7. The van der Waals surface area contributed by atoms with Crippen LogP contribution >= 0.6 is 11.3 Å². The number of halogens is 3. The van der Waals surface area contributed by atoms with Gasteiger partial charge in [-0.25, -0.2) is 0 Å². The number of carbonyl (C=O) groups excluding carboxylic acids is 4. The number of fused-ring (bicyclic) bond motifs is 2. The van der Waals surface area contributed by atoms with E-state index >= 15 is 0 Å². The van der Waals surface area contributed by atoms with Gasteiger partial charge in [0.2, 0.25) is 11.8 Å². The zero-order chi connectivity index (χ0) is 32.5. The second kappa shape index (κ2) is 10.8. The van der Waals surface area contributed by atoms with Crippen molar-refractivity contribution in [1.29, 1.82) is 0 Å². The molecule has 7 rings (SSSR count). The molecule has 0 spiro atoms. The highest BCUT2D eigenvalue weighted by molar-refractivity contribution is 7.21. The molecule has 5 heterocycles. The molecule has 2 fully saturated rings. The third-order valence-corrected chi connectivity index (χ3v) is 9.84. The molecule has 14 heteroatoms. The summed E-state index contributed by atoms with van der Waals surface area (Å²) in [4.78, 5) is 66.9. The fraction of sp³-hybridized carbons (Fsp3) is 0.281. The summed E-state index contributed by atoms with van der Waals surface area (Å²) in [6.45, 7) is 1.22. The van der Waals surface area contributed by atoms with Gasteiger partial charge >= 0.3 is 6.18 Å². The van der Waals surface area contributed by atoms with E-state index in [0.717, 1.165) is 34.7 Å². The number of aryl methyl sites for hydroxylation is 1. The Morgan fingerprint density at radius 3 is 2.54 bits per heavy atom. The van der Waals surface area contributed by atoms with Gasteiger partial charge in [0.15, 0.2) is 0 Å². The Labute approximate surface area is 263 Å².